The summed E-state index contributed by atoms with van der Waals surface area (Å²) in [6.45, 7) is 8.74. The molecule has 8 nitrogen and oxygen atoms in total. The topological polar surface area (TPSA) is 86.7 Å². The Labute approximate surface area is 252 Å². The molecule has 2 amide bonds. The van der Waals surface area contributed by atoms with Gasteiger partial charge in [-0.15, -0.1) is 0 Å². The van der Waals surface area contributed by atoms with E-state index in [9.17, 15) is 14.4 Å². The van der Waals surface area contributed by atoms with Crippen LogP contribution >= 0.6 is 0 Å². The number of allylic oxidation sites excluding steroid dienone is 2. The fraction of sp³-hybridized carbons (Fsp3) is 0.400. The van der Waals surface area contributed by atoms with Gasteiger partial charge in [0.25, 0.3) is 0 Å². The lowest BCUT2D eigenvalue weighted by molar-refractivity contribution is -0.144. The quantitative estimate of drug-likeness (QED) is 0.294. The summed E-state index contributed by atoms with van der Waals surface area (Å²) in [6, 6.07) is 21.7. The highest BCUT2D eigenvalue weighted by Crippen LogP contribution is 2.73. The Morgan fingerprint density at radius 2 is 1.16 bits per heavy atom. The predicted octanol–water partition coefficient (Wildman–Crippen LogP) is 4.20. The number of ketones is 1. The lowest BCUT2D eigenvalue weighted by Crippen LogP contribution is -2.47. The Balaban J connectivity index is 1.08. The summed E-state index contributed by atoms with van der Waals surface area (Å²) < 4.78 is 0. The number of nitrogens with zero attached hydrogens (tertiary/aromatic N) is 5. The number of Topliss-reactive ketones (excluding diaryl/α,β-unsaturated/α-hetero) is 1. The molecule has 0 radical (unpaired) electrons. The predicted molar refractivity (Wildman–Crippen MR) is 165 cm³/mol. The maximum absolute atomic E-state index is 14.4. The van der Waals surface area contributed by atoms with E-state index in [1.54, 1.807) is 12.4 Å². The van der Waals surface area contributed by atoms with Crippen LogP contribution in [-0.2, 0) is 14.4 Å². The van der Waals surface area contributed by atoms with Crippen LogP contribution in [0.15, 0.2) is 79.1 Å². The smallest absolute Gasteiger partial charge is 0.234 e. The van der Waals surface area contributed by atoms with Gasteiger partial charge in [-0.2, -0.15) is 0 Å². The molecule has 4 unspecified atom stereocenters. The lowest BCUT2D eigenvalue weighted by atomic mass is 9.63. The molecule has 3 heterocycles. The summed E-state index contributed by atoms with van der Waals surface area (Å²) in [4.78, 5) is 57.3. The second-order valence-electron chi connectivity index (χ2n) is 12.6. The Morgan fingerprint density at radius 3 is 1.67 bits per heavy atom. The van der Waals surface area contributed by atoms with E-state index >= 15 is 0 Å². The summed E-state index contributed by atoms with van der Waals surface area (Å²) >= 11 is 0. The van der Waals surface area contributed by atoms with E-state index in [0.717, 1.165) is 73.8 Å². The molecule has 2 bridgehead atoms. The van der Waals surface area contributed by atoms with E-state index < -0.39 is 22.7 Å². The van der Waals surface area contributed by atoms with Crippen LogP contribution < -0.4 is 4.90 Å². The maximum Gasteiger partial charge on any atom is 0.234 e. The number of carbonyl (C=O) groups excluding carboxylic acids is 3. The molecule has 3 fully saturated rings. The number of imide groups is 1. The van der Waals surface area contributed by atoms with Gasteiger partial charge < -0.3 is 4.90 Å². The Kier molecular flexibility index (Phi) is 6.77. The molecular formula is C35H37N5O3. The minimum absolute atomic E-state index is 0.00546. The molecule has 4 atom stereocenters. The first-order valence-corrected chi connectivity index (χ1v) is 15.4. The zero-order valence-electron chi connectivity index (χ0n) is 24.8. The minimum Gasteiger partial charge on any atom is -0.338 e. The monoisotopic (exact) mass is 575 g/mol. The van der Waals surface area contributed by atoms with Crippen molar-refractivity contribution >= 4 is 34.7 Å². The van der Waals surface area contributed by atoms with Gasteiger partial charge in [-0.1, -0.05) is 60.7 Å². The zero-order valence-corrected chi connectivity index (χ0v) is 24.8. The third kappa shape index (κ3) is 4.10. The first kappa shape index (κ1) is 27.7. The molecule has 1 saturated carbocycles. The van der Waals surface area contributed by atoms with Gasteiger partial charge in [-0.3, -0.25) is 24.2 Å². The van der Waals surface area contributed by atoms with Crippen molar-refractivity contribution < 1.29 is 14.4 Å². The lowest BCUT2D eigenvalue weighted by Gasteiger charge is -2.35. The molecule has 1 aromatic heterocycles. The first-order valence-electron chi connectivity index (χ1n) is 15.4. The van der Waals surface area contributed by atoms with Gasteiger partial charge in [0.1, 0.15) is 0 Å². The fourth-order valence-corrected chi connectivity index (χ4v) is 8.32. The number of likely N-dealkylation sites (tertiary alicyclic amines) is 1. The number of piperazine rings is 1. The zero-order chi connectivity index (χ0) is 29.8. The number of anilines is 1. The van der Waals surface area contributed by atoms with Crippen molar-refractivity contribution in [3.8, 4) is 0 Å². The Morgan fingerprint density at radius 1 is 0.674 bits per heavy atom. The second kappa shape index (κ2) is 10.5. The number of hydrogen-bond donors (Lipinski definition) is 0. The molecule has 2 aliphatic heterocycles. The Bertz CT molecular complexity index is 1500. The van der Waals surface area contributed by atoms with Crippen LogP contribution in [0.3, 0.4) is 0 Å². The van der Waals surface area contributed by atoms with E-state index in [4.69, 9.17) is 0 Å². The normalized spacial score (nSPS) is 28.7. The van der Waals surface area contributed by atoms with Crippen molar-refractivity contribution in [2.75, 3.05) is 44.2 Å². The number of carbonyl (C=O) groups is 3. The van der Waals surface area contributed by atoms with Crippen LogP contribution in [0.4, 0.5) is 5.95 Å². The van der Waals surface area contributed by atoms with Crippen LogP contribution in [0.1, 0.15) is 37.8 Å². The van der Waals surface area contributed by atoms with Gasteiger partial charge in [0.2, 0.25) is 17.8 Å². The average Bonchev–Trinajstić information content (AvgIpc) is 3.49. The van der Waals surface area contributed by atoms with Gasteiger partial charge in [0.05, 0.1) is 22.7 Å². The number of hydrogen-bond acceptors (Lipinski definition) is 7. The standard InChI is InChI=1S/C35H37N5O3/c1-34-26(24-12-5-3-6-13-24)27(25-14-7-4-8-15-25)35(2,32(34)43)29-28(34)30(41)40(31(29)42)19-10-9-18-38-20-22-39(23-21-38)33-36-16-11-17-37-33/h3-8,11-17,28-29H,9-10,18-23H2,1-2H3. The van der Waals surface area contributed by atoms with Crippen molar-refractivity contribution in [3.63, 3.8) is 0 Å². The van der Waals surface area contributed by atoms with Crippen LogP contribution in [0, 0.1) is 22.7 Å². The molecule has 2 saturated heterocycles. The number of aromatic nitrogens is 2. The summed E-state index contributed by atoms with van der Waals surface area (Å²) in [7, 11) is 0. The van der Waals surface area contributed by atoms with Gasteiger partial charge in [-0.05, 0) is 61.6 Å². The first-order chi connectivity index (χ1) is 20.9. The molecule has 2 aliphatic carbocycles. The summed E-state index contributed by atoms with van der Waals surface area (Å²) in [5, 5.41) is 0. The second-order valence-corrected chi connectivity index (χ2v) is 12.6. The average molecular weight is 576 g/mol. The van der Waals surface area contributed by atoms with Crippen molar-refractivity contribution in [2.24, 2.45) is 22.7 Å². The van der Waals surface area contributed by atoms with E-state index in [-0.39, 0.29) is 17.6 Å². The largest absolute Gasteiger partial charge is 0.338 e. The number of amides is 2. The molecule has 0 N–H and O–H groups in total. The number of fused-ring (bicyclic) bond motifs is 5. The molecule has 3 aromatic rings. The minimum atomic E-state index is -1.06. The van der Waals surface area contributed by atoms with E-state index in [1.165, 1.54) is 4.90 Å². The Hall–Kier alpha value is -4.17. The summed E-state index contributed by atoms with van der Waals surface area (Å²) in [5.41, 5.74) is 1.56. The molecule has 2 aromatic carbocycles. The summed E-state index contributed by atoms with van der Waals surface area (Å²) in [5.74, 6) is -0.955. The molecule has 7 rings (SSSR count). The van der Waals surface area contributed by atoms with Gasteiger partial charge >= 0.3 is 0 Å². The highest BCUT2D eigenvalue weighted by atomic mass is 16.2. The third-order valence-corrected chi connectivity index (χ3v) is 10.3. The highest BCUT2D eigenvalue weighted by molar-refractivity contribution is 6.29. The molecule has 220 valence electrons. The van der Waals surface area contributed by atoms with Crippen LogP contribution in [0.5, 0.6) is 0 Å². The van der Waals surface area contributed by atoms with E-state index in [1.807, 2.05) is 80.6 Å². The molecule has 0 spiro atoms. The maximum atomic E-state index is 14.4. The molecule has 8 heteroatoms. The van der Waals surface area contributed by atoms with Gasteiger partial charge in [0.15, 0.2) is 5.78 Å². The van der Waals surface area contributed by atoms with Crippen LogP contribution in [-0.4, -0.2) is 76.6 Å². The number of rotatable bonds is 8. The van der Waals surface area contributed by atoms with Crippen molar-refractivity contribution in [3.05, 3.63) is 90.3 Å². The molecular weight excluding hydrogens is 538 g/mol. The van der Waals surface area contributed by atoms with Crippen molar-refractivity contribution in [2.45, 2.75) is 26.7 Å². The van der Waals surface area contributed by atoms with E-state index in [0.29, 0.717) is 6.54 Å². The third-order valence-electron chi connectivity index (χ3n) is 10.3. The summed E-state index contributed by atoms with van der Waals surface area (Å²) in [6.07, 6.45) is 5.18. The van der Waals surface area contributed by atoms with E-state index in [2.05, 4.69) is 19.8 Å². The number of benzene rings is 2. The fourth-order valence-electron chi connectivity index (χ4n) is 8.32. The molecule has 43 heavy (non-hydrogen) atoms. The van der Waals surface area contributed by atoms with Crippen molar-refractivity contribution in [1.29, 1.82) is 0 Å². The van der Waals surface area contributed by atoms with Crippen LogP contribution in [0.2, 0.25) is 0 Å². The molecule has 4 aliphatic rings. The van der Waals surface area contributed by atoms with Gasteiger partial charge in [-0.25, -0.2) is 9.97 Å². The SMILES string of the molecule is CC12C(=O)C(C)(C(c3ccccc3)=C1c1ccccc1)C1C(=O)N(CCCCN3CCN(c4ncccn4)CC3)C(=O)C12. The van der Waals surface area contributed by atoms with Gasteiger partial charge in [0, 0.05) is 45.1 Å². The highest BCUT2D eigenvalue weighted by Gasteiger charge is 2.78. The van der Waals surface area contributed by atoms with Crippen molar-refractivity contribution in [1.82, 2.24) is 19.8 Å². The number of unbranched alkanes of at least 4 members (excludes halogenated alkanes) is 1. The van der Waals surface area contributed by atoms with Crippen LogP contribution in [0.25, 0.3) is 11.1 Å².